The van der Waals surface area contributed by atoms with Crippen molar-refractivity contribution in [1.82, 2.24) is 0 Å². The highest BCUT2D eigenvalue weighted by Gasteiger charge is 2.67. The molecule has 4 atom stereocenters. The first kappa shape index (κ1) is 12.1. The Balaban J connectivity index is 1.50. The zero-order valence-corrected chi connectivity index (χ0v) is 11.6. The fourth-order valence-electron chi connectivity index (χ4n) is 4.71. The first-order valence-electron chi connectivity index (χ1n) is 7.43. The highest BCUT2D eigenvalue weighted by atomic mass is 16.5. The average Bonchev–Trinajstić information content (AvgIpc) is 2.88. The molecular weight excluding hydrogens is 252 g/mol. The number of nitrogens with two attached hydrogens (primary N) is 1. The Kier molecular flexibility index (Phi) is 2.50. The quantitative estimate of drug-likeness (QED) is 0.831. The lowest BCUT2D eigenvalue weighted by Gasteiger charge is -2.13. The number of ether oxygens (including phenoxy) is 1. The van der Waals surface area contributed by atoms with Gasteiger partial charge in [0.25, 0.3) is 0 Å². The standard InChI is InChI=1S/C16H20N2O2/c1-20-12-5-4-10(17)7-11(12)18-16(19)15-13-8-2-3-9(6-8)14(13)15/h4-5,7-9,13-15H,2-3,6,17H2,1H3,(H,18,19). The van der Waals surface area contributed by atoms with Gasteiger partial charge in [-0.25, -0.2) is 0 Å². The van der Waals surface area contributed by atoms with E-state index < -0.39 is 0 Å². The SMILES string of the molecule is COc1ccc(N)cc1NC(=O)C1C2C3CCC(C3)C12. The predicted molar refractivity (Wildman–Crippen MR) is 77.3 cm³/mol. The van der Waals surface area contributed by atoms with Crippen molar-refractivity contribution in [3.05, 3.63) is 18.2 Å². The molecule has 3 aliphatic carbocycles. The summed E-state index contributed by atoms with van der Waals surface area (Å²) in [5.41, 5.74) is 7.11. The van der Waals surface area contributed by atoms with Gasteiger partial charge in [-0.1, -0.05) is 0 Å². The lowest BCUT2D eigenvalue weighted by molar-refractivity contribution is -0.118. The maximum atomic E-state index is 12.5. The molecule has 1 aromatic carbocycles. The Morgan fingerprint density at radius 2 is 2.00 bits per heavy atom. The minimum absolute atomic E-state index is 0.153. The van der Waals surface area contributed by atoms with Crippen molar-refractivity contribution >= 4 is 17.3 Å². The first-order chi connectivity index (χ1) is 9.69. The van der Waals surface area contributed by atoms with E-state index in [4.69, 9.17) is 10.5 Å². The monoisotopic (exact) mass is 272 g/mol. The van der Waals surface area contributed by atoms with Crippen molar-refractivity contribution in [2.45, 2.75) is 19.3 Å². The van der Waals surface area contributed by atoms with Gasteiger partial charge in [0.2, 0.25) is 5.91 Å². The van der Waals surface area contributed by atoms with Crippen LogP contribution in [-0.4, -0.2) is 13.0 Å². The van der Waals surface area contributed by atoms with Gasteiger partial charge in [-0.15, -0.1) is 0 Å². The van der Waals surface area contributed by atoms with Crippen LogP contribution in [0.3, 0.4) is 0 Å². The van der Waals surface area contributed by atoms with Crippen molar-refractivity contribution in [1.29, 1.82) is 0 Å². The van der Waals surface area contributed by atoms with Gasteiger partial charge in [0.1, 0.15) is 5.75 Å². The summed E-state index contributed by atoms with van der Waals surface area (Å²) in [5.74, 6) is 3.97. The van der Waals surface area contributed by atoms with Gasteiger partial charge in [0, 0.05) is 11.6 Å². The summed E-state index contributed by atoms with van der Waals surface area (Å²) >= 11 is 0. The van der Waals surface area contributed by atoms with E-state index in [1.807, 2.05) is 0 Å². The van der Waals surface area contributed by atoms with Gasteiger partial charge in [-0.2, -0.15) is 0 Å². The summed E-state index contributed by atoms with van der Waals surface area (Å²) in [6.45, 7) is 0. The van der Waals surface area contributed by atoms with Gasteiger partial charge in [-0.3, -0.25) is 4.79 Å². The summed E-state index contributed by atoms with van der Waals surface area (Å²) in [6.07, 6.45) is 4.02. The maximum Gasteiger partial charge on any atom is 0.228 e. The zero-order valence-electron chi connectivity index (χ0n) is 11.6. The number of benzene rings is 1. The van der Waals surface area contributed by atoms with Gasteiger partial charge in [-0.05, 0) is 61.1 Å². The molecule has 3 saturated carbocycles. The largest absolute Gasteiger partial charge is 0.495 e. The molecule has 0 saturated heterocycles. The maximum absolute atomic E-state index is 12.5. The molecule has 4 heteroatoms. The molecule has 0 aromatic heterocycles. The molecule has 0 spiro atoms. The minimum atomic E-state index is 0.153. The number of rotatable bonds is 3. The van der Waals surface area contributed by atoms with E-state index in [1.54, 1.807) is 25.3 Å². The van der Waals surface area contributed by atoms with E-state index >= 15 is 0 Å². The zero-order chi connectivity index (χ0) is 13.9. The van der Waals surface area contributed by atoms with Gasteiger partial charge < -0.3 is 15.8 Å². The van der Waals surface area contributed by atoms with Crippen molar-refractivity contribution in [2.75, 3.05) is 18.2 Å². The van der Waals surface area contributed by atoms with Crippen LogP contribution in [0.1, 0.15) is 19.3 Å². The van der Waals surface area contributed by atoms with Crippen molar-refractivity contribution in [2.24, 2.45) is 29.6 Å². The number of carbonyl (C=O) groups is 1. The van der Waals surface area contributed by atoms with Gasteiger partial charge >= 0.3 is 0 Å². The average molecular weight is 272 g/mol. The number of hydrogen-bond acceptors (Lipinski definition) is 3. The van der Waals surface area contributed by atoms with Crippen molar-refractivity contribution < 1.29 is 9.53 Å². The topological polar surface area (TPSA) is 64.3 Å². The van der Waals surface area contributed by atoms with E-state index in [2.05, 4.69) is 5.32 Å². The van der Waals surface area contributed by atoms with Crippen LogP contribution in [0.4, 0.5) is 11.4 Å². The fourth-order valence-corrected chi connectivity index (χ4v) is 4.71. The van der Waals surface area contributed by atoms with Crippen LogP contribution in [-0.2, 0) is 4.79 Å². The molecule has 20 heavy (non-hydrogen) atoms. The van der Waals surface area contributed by atoms with Crippen LogP contribution in [0.5, 0.6) is 5.75 Å². The lowest BCUT2D eigenvalue weighted by atomic mass is 10.0. The Labute approximate surface area is 118 Å². The van der Waals surface area contributed by atoms with Gasteiger partial charge in [0.15, 0.2) is 0 Å². The summed E-state index contributed by atoms with van der Waals surface area (Å²) in [5, 5.41) is 3.02. The van der Waals surface area contributed by atoms with E-state index in [0.29, 0.717) is 29.0 Å². The Bertz CT molecular complexity index is 556. The van der Waals surface area contributed by atoms with Crippen molar-refractivity contribution in [3.8, 4) is 5.75 Å². The highest BCUT2D eigenvalue weighted by Crippen LogP contribution is 2.69. The smallest absolute Gasteiger partial charge is 0.228 e. The van der Waals surface area contributed by atoms with Crippen LogP contribution >= 0.6 is 0 Å². The Morgan fingerprint density at radius 1 is 1.30 bits per heavy atom. The third kappa shape index (κ3) is 1.63. The number of nitrogen functional groups attached to an aromatic ring is 1. The minimum Gasteiger partial charge on any atom is -0.495 e. The summed E-state index contributed by atoms with van der Waals surface area (Å²) in [7, 11) is 1.60. The third-order valence-electron chi connectivity index (χ3n) is 5.52. The molecule has 1 amide bonds. The summed E-state index contributed by atoms with van der Waals surface area (Å²) in [4.78, 5) is 12.5. The number of amides is 1. The molecule has 4 nitrogen and oxygen atoms in total. The number of carbonyl (C=O) groups excluding carboxylic acids is 1. The summed E-state index contributed by atoms with van der Waals surface area (Å²) < 4.78 is 5.28. The second-order valence-electron chi connectivity index (χ2n) is 6.46. The number of anilines is 2. The van der Waals surface area contributed by atoms with Crippen LogP contribution < -0.4 is 15.8 Å². The Morgan fingerprint density at radius 3 is 2.65 bits per heavy atom. The number of methoxy groups -OCH3 is 1. The molecule has 1 aromatic rings. The fraction of sp³-hybridized carbons (Fsp3) is 0.562. The third-order valence-corrected chi connectivity index (χ3v) is 5.52. The predicted octanol–water partition coefficient (Wildman–Crippen LogP) is 2.51. The molecule has 0 radical (unpaired) electrons. The Hall–Kier alpha value is -1.71. The van der Waals surface area contributed by atoms with Crippen LogP contribution in [0.25, 0.3) is 0 Å². The molecule has 4 unspecified atom stereocenters. The van der Waals surface area contributed by atoms with Crippen molar-refractivity contribution in [3.63, 3.8) is 0 Å². The molecule has 3 fully saturated rings. The number of nitrogens with one attached hydrogen (secondary N) is 1. The van der Waals surface area contributed by atoms with Crippen LogP contribution in [0, 0.1) is 29.6 Å². The lowest BCUT2D eigenvalue weighted by Crippen LogP contribution is -2.19. The second-order valence-corrected chi connectivity index (χ2v) is 6.46. The van der Waals surface area contributed by atoms with Crippen LogP contribution in [0.15, 0.2) is 18.2 Å². The number of hydrogen-bond donors (Lipinski definition) is 2. The summed E-state index contributed by atoms with van der Waals surface area (Å²) in [6, 6.07) is 5.34. The van der Waals surface area contributed by atoms with E-state index in [-0.39, 0.29) is 11.8 Å². The number of fused-ring (bicyclic) bond motifs is 5. The van der Waals surface area contributed by atoms with E-state index in [9.17, 15) is 4.79 Å². The molecule has 106 valence electrons. The molecule has 0 aliphatic heterocycles. The molecule has 4 rings (SSSR count). The van der Waals surface area contributed by atoms with E-state index in [1.165, 1.54) is 19.3 Å². The molecule has 0 heterocycles. The normalized spacial score (nSPS) is 36.5. The van der Waals surface area contributed by atoms with Crippen LogP contribution in [0.2, 0.25) is 0 Å². The highest BCUT2D eigenvalue weighted by molar-refractivity contribution is 5.96. The molecule has 2 bridgehead atoms. The van der Waals surface area contributed by atoms with Gasteiger partial charge in [0.05, 0.1) is 12.8 Å². The molecule has 3 aliphatic rings. The second kappa shape index (κ2) is 4.14. The molecule has 3 N–H and O–H groups in total. The molecular formula is C16H20N2O2. The van der Waals surface area contributed by atoms with E-state index in [0.717, 1.165) is 11.8 Å². The first-order valence-corrected chi connectivity index (χ1v) is 7.43.